The Hall–Kier alpha value is -4.72. The molecule has 0 bridgehead atoms. The van der Waals surface area contributed by atoms with Crippen LogP contribution in [0.1, 0.15) is 29.8 Å². The Labute approximate surface area is 213 Å². The Morgan fingerprint density at radius 2 is 1.38 bits per heavy atom. The summed E-state index contributed by atoms with van der Waals surface area (Å²) in [6.45, 7) is 9.88. The summed E-state index contributed by atoms with van der Waals surface area (Å²) in [5.41, 5.74) is 2.83. The first-order valence-electron chi connectivity index (χ1n) is 11.1. The lowest BCUT2D eigenvalue weighted by Gasteiger charge is -2.10. The standard InChI is InChI=1S/C29H25FO7/c1-18(2)27(31)34-16-20-5-7-21(8-6-20)23-11-14-26(25(30)15-23)37-29(33)22-9-12-24(13-10-22)35-17-36-28(32)19(3)4/h5-15H,1,3,16-17H2,2,4H3. The first-order chi connectivity index (χ1) is 17.6. The average molecular weight is 505 g/mol. The van der Waals surface area contributed by atoms with Gasteiger partial charge in [-0.05, 0) is 66.9 Å². The monoisotopic (exact) mass is 504 g/mol. The summed E-state index contributed by atoms with van der Waals surface area (Å²) in [5.74, 6) is -2.36. The summed E-state index contributed by atoms with van der Waals surface area (Å²) in [5, 5.41) is 0. The van der Waals surface area contributed by atoms with Crippen molar-refractivity contribution in [1.82, 2.24) is 0 Å². The number of ether oxygens (including phenoxy) is 4. The molecule has 0 spiro atoms. The second-order valence-corrected chi connectivity index (χ2v) is 8.09. The molecule has 3 rings (SSSR count). The Kier molecular flexibility index (Phi) is 8.94. The van der Waals surface area contributed by atoms with E-state index in [0.29, 0.717) is 16.9 Å². The summed E-state index contributed by atoms with van der Waals surface area (Å²) in [6, 6.07) is 17.2. The molecule has 190 valence electrons. The van der Waals surface area contributed by atoms with Crippen molar-refractivity contribution in [3.8, 4) is 22.6 Å². The number of carbonyl (C=O) groups is 3. The van der Waals surface area contributed by atoms with Gasteiger partial charge < -0.3 is 18.9 Å². The highest BCUT2D eigenvalue weighted by Crippen LogP contribution is 2.27. The molecule has 0 fully saturated rings. The summed E-state index contributed by atoms with van der Waals surface area (Å²) in [7, 11) is 0. The van der Waals surface area contributed by atoms with E-state index in [4.69, 9.17) is 18.9 Å². The van der Waals surface area contributed by atoms with E-state index in [2.05, 4.69) is 13.2 Å². The van der Waals surface area contributed by atoms with Crippen molar-refractivity contribution in [2.75, 3.05) is 6.79 Å². The summed E-state index contributed by atoms with van der Waals surface area (Å²) >= 11 is 0. The summed E-state index contributed by atoms with van der Waals surface area (Å²) in [4.78, 5) is 35.3. The van der Waals surface area contributed by atoms with Crippen molar-refractivity contribution in [2.24, 2.45) is 0 Å². The zero-order valence-corrected chi connectivity index (χ0v) is 20.4. The molecule has 0 atom stereocenters. The van der Waals surface area contributed by atoms with Gasteiger partial charge in [-0.1, -0.05) is 43.5 Å². The van der Waals surface area contributed by atoms with Crippen LogP contribution in [0.2, 0.25) is 0 Å². The number of hydrogen-bond acceptors (Lipinski definition) is 7. The number of benzene rings is 3. The number of rotatable bonds is 10. The second-order valence-electron chi connectivity index (χ2n) is 8.09. The Bertz CT molecular complexity index is 1330. The molecule has 7 nitrogen and oxygen atoms in total. The second kappa shape index (κ2) is 12.3. The number of carbonyl (C=O) groups excluding carboxylic acids is 3. The van der Waals surface area contributed by atoms with E-state index in [-0.39, 0.29) is 30.3 Å². The van der Waals surface area contributed by atoms with Crippen LogP contribution >= 0.6 is 0 Å². The van der Waals surface area contributed by atoms with Gasteiger partial charge in [-0.25, -0.2) is 18.8 Å². The van der Waals surface area contributed by atoms with Gasteiger partial charge >= 0.3 is 17.9 Å². The van der Waals surface area contributed by atoms with Crippen molar-refractivity contribution in [3.05, 3.63) is 108 Å². The Morgan fingerprint density at radius 3 is 1.97 bits per heavy atom. The number of hydrogen-bond donors (Lipinski definition) is 0. The van der Waals surface area contributed by atoms with E-state index in [1.165, 1.54) is 43.3 Å². The molecule has 0 aliphatic heterocycles. The van der Waals surface area contributed by atoms with E-state index in [1.807, 2.05) is 0 Å². The topological polar surface area (TPSA) is 88.1 Å². The molecule has 0 saturated heterocycles. The fourth-order valence-electron chi connectivity index (χ4n) is 2.95. The van der Waals surface area contributed by atoms with Crippen LogP contribution in [-0.4, -0.2) is 24.7 Å². The van der Waals surface area contributed by atoms with E-state index < -0.39 is 23.7 Å². The number of esters is 3. The molecule has 0 amide bonds. The molecular weight excluding hydrogens is 479 g/mol. The first-order valence-corrected chi connectivity index (χ1v) is 11.1. The first kappa shape index (κ1) is 26.9. The predicted molar refractivity (Wildman–Crippen MR) is 134 cm³/mol. The maximum Gasteiger partial charge on any atom is 0.343 e. The van der Waals surface area contributed by atoms with Gasteiger partial charge in [0.25, 0.3) is 0 Å². The van der Waals surface area contributed by atoms with E-state index >= 15 is 0 Å². The molecule has 37 heavy (non-hydrogen) atoms. The highest BCUT2D eigenvalue weighted by Gasteiger charge is 2.14. The molecule has 0 saturated carbocycles. The SMILES string of the molecule is C=C(C)C(=O)OCOc1ccc(C(=O)Oc2ccc(-c3ccc(COC(=O)C(=C)C)cc3)cc2F)cc1. The molecule has 0 aliphatic rings. The van der Waals surface area contributed by atoms with Gasteiger partial charge in [0, 0.05) is 11.1 Å². The molecule has 0 N–H and O–H groups in total. The highest BCUT2D eigenvalue weighted by atomic mass is 19.1. The Morgan fingerprint density at radius 1 is 0.784 bits per heavy atom. The lowest BCUT2D eigenvalue weighted by Crippen LogP contribution is -2.11. The maximum atomic E-state index is 14.7. The zero-order valence-electron chi connectivity index (χ0n) is 20.4. The molecule has 0 radical (unpaired) electrons. The van der Waals surface area contributed by atoms with E-state index in [9.17, 15) is 18.8 Å². The van der Waals surface area contributed by atoms with Crippen LogP contribution in [0, 0.1) is 5.82 Å². The molecular formula is C29H25FO7. The molecule has 3 aromatic rings. The van der Waals surface area contributed by atoms with Crippen molar-refractivity contribution in [2.45, 2.75) is 20.5 Å². The normalized spacial score (nSPS) is 10.2. The molecule has 0 heterocycles. The fraction of sp³-hybridized carbons (Fsp3) is 0.138. The number of halogens is 1. The Balaban J connectivity index is 1.58. The third-order valence-electron chi connectivity index (χ3n) is 4.99. The van der Waals surface area contributed by atoms with Crippen molar-refractivity contribution in [1.29, 1.82) is 0 Å². The van der Waals surface area contributed by atoms with Crippen molar-refractivity contribution < 1.29 is 37.7 Å². The van der Waals surface area contributed by atoms with Crippen LogP contribution in [-0.2, 0) is 25.7 Å². The predicted octanol–water partition coefficient (Wildman–Crippen LogP) is 5.79. The van der Waals surface area contributed by atoms with Crippen molar-refractivity contribution in [3.63, 3.8) is 0 Å². The minimum absolute atomic E-state index is 0.102. The molecule has 0 aliphatic carbocycles. The summed E-state index contributed by atoms with van der Waals surface area (Å²) in [6.07, 6.45) is 0. The molecule has 8 heteroatoms. The average Bonchev–Trinajstić information content (AvgIpc) is 2.88. The largest absolute Gasteiger partial charge is 0.457 e. The lowest BCUT2D eigenvalue weighted by molar-refractivity contribution is -0.145. The summed E-state index contributed by atoms with van der Waals surface area (Å²) < 4.78 is 35.1. The van der Waals surface area contributed by atoms with Crippen LogP contribution in [0.4, 0.5) is 4.39 Å². The van der Waals surface area contributed by atoms with Crippen LogP contribution in [0.15, 0.2) is 91.0 Å². The van der Waals surface area contributed by atoms with E-state index in [0.717, 1.165) is 11.1 Å². The fourth-order valence-corrected chi connectivity index (χ4v) is 2.95. The lowest BCUT2D eigenvalue weighted by atomic mass is 10.0. The molecule has 3 aromatic carbocycles. The van der Waals surface area contributed by atoms with Crippen LogP contribution in [0.25, 0.3) is 11.1 Å². The zero-order chi connectivity index (χ0) is 26.9. The molecule has 0 aromatic heterocycles. The van der Waals surface area contributed by atoms with Crippen LogP contribution in [0.3, 0.4) is 0 Å². The minimum Gasteiger partial charge on any atom is -0.457 e. The van der Waals surface area contributed by atoms with Gasteiger partial charge in [-0.3, -0.25) is 0 Å². The minimum atomic E-state index is -0.749. The smallest absolute Gasteiger partial charge is 0.343 e. The van der Waals surface area contributed by atoms with Crippen molar-refractivity contribution >= 4 is 17.9 Å². The van der Waals surface area contributed by atoms with Crippen LogP contribution in [0.5, 0.6) is 11.5 Å². The van der Waals surface area contributed by atoms with Gasteiger partial charge in [-0.15, -0.1) is 0 Å². The third kappa shape index (κ3) is 7.63. The quantitative estimate of drug-likeness (QED) is 0.150. The maximum absolute atomic E-state index is 14.7. The van der Waals surface area contributed by atoms with Gasteiger partial charge in [0.1, 0.15) is 12.4 Å². The van der Waals surface area contributed by atoms with Gasteiger partial charge in [0.2, 0.25) is 6.79 Å². The third-order valence-corrected chi connectivity index (χ3v) is 4.99. The van der Waals surface area contributed by atoms with Gasteiger partial charge in [-0.2, -0.15) is 0 Å². The highest BCUT2D eigenvalue weighted by molar-refractivity contribution is 5.91. The van der Waals surface area contributed by atoms with Crippen LogP contribution < -0.4 is 9.47 Å². The van der Waals surface area contributed by atoms with E-state index in [1.54, 1.807) is 37.3 Å². The van der Waals surface area contributed by atoms with Gasteiger partial charge in [0.05, 0.1) is 5.56 Å². The van der Waals surface area contributed by atoms with Gasteiger partial charge in [0.15, 0.2) is 11.6 Å². The molecule has 0 unspecified atom stereocenters.